The van der Waals surface area contributed by atoms with Crippen molar-refractivity contribution in [2.75, 3.05) is 6.54 Å². The van der Waals surface area contributed by atoms with E-state index in [1.807, 2.05) is 13.8 Å². The number of amidine groups is 1. The zero-order chi connectivity index (χ0) is 13.5. The van der Waals surface area contributed by atoms with Crippen LogP contribution >= 0.6 is 0 Å². The number of rotatable bonds is 6. The SMILES string of the molecule is CC(C)C(C(=O)NCCc1ncon1)C(N)=NO. The molecule has 0 aromatic carbocycles. The lowest BCUT2D eigenvalue weighted by Gasteiger charge is -2.18. The van der Waals surface area contributed by atoms with Crippen LogP contribution in [0.2, 0.25) is 0 Å². The van der Waals surface area contributed by atoms with Gasteiger partial charge in [-0.25, -0.2) is 0 Å². The first-order valence-electron chi connectivity index (χ1n) is 5.56. The van der Waals surface area contributed by atoms with Crippen molar-refractivity contribution in [3.63, 3.8) is 0 Å². The summed E-state index contributed by atoms with van der Waals surface area (Å²) in [6.45, 7) is 4.00. The molecule has 8 nitrogen and oxygen atoms in total. The van der Waals surface area contributed by atoms with Crippen molar-refractivity contribution in [3.8, 4) is 0 Å². The van der Waals surface area contributed by atoms with Gasteiger partial charge in [-0.2, -0.15) is 4.98 Å². The third kappa shape index (κ3) is 3.72. The fraction of sp³-hybridized carbons (Fsp3) is 0.600. The highest BCUT2D eigenvalue weighted by Gasteiger charge is 2.26. The van der Waals surface area contributed by atoms with Crippen molar-refractivity contribution in [2.45, 2.75) is 20.3 Å². The van der Waals surface area contributed by atoms with Gasteiger partial charge in [0.1, 0.15) is 5.92 Å². The molecule has 1 unspecified atom stereocenters. The first kappa shape index (κ1) is 13.9. The van der Waals surface area contributed by atoms with E-state index in [-0.39, 0.29) is 17.7 Å². The van der Waals surface area contributed by atoms with Gasteiger partial charge in [0.2, 0.25) is 12.3 Å². The Balaban J connectivity index is 2.47. The van der Waals surface area contributed by atoms with Crippen molar-refractivity contribution >= 4 is 11.7 Å². The molecule has 1 amide bonds. The maximum absolute atomic E-state index is 11.9. The van der Waals surface area contributed by atoms with Crippen LogP contribution in [0.15, 0.2) is 16.1 Å². The predicted octanol–water partition coefficient (Wildman–Crippen LogP) is -0.253. The van der Waals surface area contributed by atoms with Gasteiger partial charge in [0, 0.05) is 13.0 Å². The van der Waals surface area contributed by atoms with Crippen LogP contribution < -0.4 is 11.1 Å². The van der Waals surface area contributed by atoms with Crippen LogP contribution in [0, 0.1) is 11.8 Å². The predicted molar refractivity (Wildman–Crippen MR) is 62.7 cm³/mol. The Morgan fingerprint density at radius 2 is 2.39 bits per heavy atom. The molecule has 100 valence electrons. The topological polar surface area (TPSA) is 127 Å². The molecule has 1 aromatic rings. The fourth-order valence-electron chi connectivity index (χ4n) is 1.55. The lowest BCUT2D eigenvalue weighted by molar-refractivity contribution is -0.124. The summed E-state index contributed by atoms with van der Waals surface area (Å²) in [6.07, 6.45) is 1.69. The van der Waals surface area contributed by atoms with E-state index in [1.54, 1.807) is 0 Å². The third-order valence-corrected chi connectivity index (χ3v) is 2.44. The summed E-state index contributed by atoms with van der Waals surface area (Å²) in [5.74, 6) is -0.586. The molecule has 4 N–H and O–H groups in total. The Hall–Kier alpha value is -2.12. The quantitative estimate of drug-likeness (QED) is 0.278. The number of carbonyl (C=O) groups excluding carboxylic acids is 1. The fourth-order valence-corrected chi connectivity index (χ4v) is 1.55. The molecule has 1 rings (SSSR count). The molecule has 0 fully saturated rings. The smallest absolute Gasteiger partial charge is 0.231 e. The zero-order valence-electron chi connectivity index (χ0n) is 10.3. The standard InChI is InChI=1S/C10H17N5O3/c1-6(2)8(9(11)14-17)10(16)12-4-3-7-13-5-18-15-7/h5-6,8,17H,3-4H2,1-2H3,(H2,11,14)(H,12,16). The first-order valence-corrected chi connectivity index (χ1v) is 5.56. The highest BCUT2D eigenvalue weighted by atomic mass is 16.5. The minimum absolute atomic E-state index is 0.0638. The minimum Gasteiger partial charge on any atom is -0.409 e. The molecular formula is C10H17N5O3. The second kappa shape index (κ2) is 6.58. The number of carbonyl (C=O) groups is 1. The van der Waals surface area contributed by atoms with Crippen LogP contribution in [0.25, 0.3) is 0 Å². The Morgan fingerprint density at radius 3 is 2.89 bits per heavy atom. The summed E-state index contributed by atoms with van der Waals surface area (Å²) in [7, 11) is 0. The van der Waals surface area contributed by atoms with Crippen LogP contribution in [0.5, 0.6) is 0 Å². The molecule has 1 atom stereocenters. The van der Waals surface area contributed by atoms with Crippen LogP contribution in [0.4, 0.5) is 0 Å². The lowest BCUT2D eigenvalue weighted by atomic mass is 9.94. The second-order valence-electron chi connectivity index (χ2n) is 4.14. The van der Waals surface area contributed by atoms with Crippen molar-refractivity contribution in [2.24, 2.45) is 22.7 Å². The van der Waals surface area contributed by atoms with Crippen molar-refractivity contribution in [3.05, 3.63) is 12.2 Å². The number of nitrogens with zero attached hydrogens (tertiary/aromatic N) is 3. The van der Waals surface area contributed by atoms with Gasteiger partial charge in [-0.1, -0.05) is 24.2 Å². The van der Waals surface area contributed by atoms with Crippen molar-refractivity contribution in [1.29, 1.82) is 0 Å². The van der Waals surface area contributed by atoms with Gasteiger partial charge >= 0.3 is 0 Å². The Bertz CT molecular complexity index is 402. The normalized spacial score (nSPS) is 13.6. The van der Waals surface area contributed by atoms with Gasteiger partial charge in [-0.3, -0.25) is 4.79 Å². The Labute approximate surface area is 104 Å². The molecule has 0 radical (unpaired) electrons. The molecule has 0 aliphatic heterocycles. The van der Waals surface area contributed by atoms with E-state index in [0.717, 1.165) is 0 Å². The largest absolute Gasteiger partial charge is 0.409 e. The van der Waals surface area contributed by atoms with Gasteiger partial charge in [0.15, 0.2) is 11.7 Å². The second-order valence-corrected chi connectivity index (χ2v) is 4.14. The van der Waals surface area contributed by atoms with E-state index in [2.05, 4.69) is 25.1 Å². The Kier molecular flexibility index (Phi) is 5.09. The average molecular weight is 255 g/mol. The van der Waals surface area contributed by atoms with Crippen LogP contribution in [-0.4, -0.2) is 33.6 Å². The number of nitrogens with one attached hydrogen (secondary N) is 1. The first-order chi connectivity index (χ1) is 8.56. The highest BCUT2D eigenvalue weighted by molar-refractivity contribution is 6.02. The molecule has 0 saturated heterocycles. The van der Waals surface area contributed by atoms with Gasteiger partial charge in [0.05, 0.1) is 0 Å². The summed E-state index contributed by atoms with van der Waals surface area (Å²) >= 11 is 0. The molecule has 1 heterocycles. The van der Waals surface area contributed by atoms with E-state index in [9.17, 15) is 4.79 Å². The monoisotopic (exact) mass is 255 g/mol. The molecule has 0 saturated carbocycles. The van der Waals surface area contributed by atoms with E-state index < -0.39 is 5.92 Å². The molecule has 1 aromatic heterocycles. The molecule has 18 heavy (non-hydrogen) atoms. The maximum Gasteiger partial charge on any atom is 0.231 e. The lowest BCUT2D eigenvalue weighted by Crippen LogP contribution is -2.42. The molecule has 0 aliphatic rings. The van der Waals surface area contributed by atoms with Crippen LogP contribution in [0.1, 0.15) is 19.7 Å². The van der Waals surface area contributed by atoms with E-state index in [0.29, 0.717) is 18.8 Å². The van der Waals surface area contributed by atoms with Crippen molar-refractivity contribution < 1.29 is 14.5 Å². The summed E-state index contributed by atoms with van der Waals surface area (Å²) in [6, 6.07) is 0. The zero-order valence-corrected chi connectivity index (χ0v) is 10.3. The maximum atomic E-state index is 11.9. The summed E-state index contributed by atoms with van der Waals surface area (Å²) < 4.78 is 4.57. The number of oxime groups is 1. The minimum atomic E-state index is -0.653. The highest BCUT2D eigenvalue weighted by Crippen LogP contribution is 2.11. The third-order valence-electron chi connectivity index (χ3n) is 2.44. The van der Waals surface area contributed by atoms with Gasteiger partial charge in [-0.05, 0) is 5.92 Å². The molecule has 0 spiro atoms. The summed E-state index contributed by atoms with van der Waals surface area (Å²) in [5, 5.41) is 17.8. The Morgan fingerprint density at radius 1 is 1.67 bits per heavy atom. The van der Waals surface area contributed by atoms with Gasteiger partial charge < -0.3 is 20.8 Å². The molecule has 8 heteroatoms. The molecular weight excluding hydrogens is 238 g/mol. The summed E-state index contributed by atoms with van der Waals surface area (Å²) in [5.41, 5.74) is 5.48. The number of hydrogen-bond donors (Lipinski definition) is 3. The number of aromatic nitrogens is 2. The molecule has 0 bridgehead atoms. The molecule has 0 aliphatic carbocycles. The number of hydrogen-bond acceptors (Lipinski definition) is 6. The number of nitrogens with two attached hydrogens (primary N) is 1. The van der Waals surface area contributed by atoms with Gasteiger partial charge in [-0.15, -0.1) is 0 Å². The van der Waals surface area contributed by atoms with E-state index in [4.69, 9.17) is 10.9 Å². The summed E-state index contributed by atoms with van der Waals surface area (Å²) in [4.78, 5) is 15.7. The van der Waals surface area contributed by atoms with E-state index in [1.165, 1.54) is 6.39 Å². The van der Waals surface area contributed by atoms with E-state index >= 15 is 0 Å². The van der Waals surface area contributed by atoms with Crippen LogP contribution in [0.3, 0.4) is 0 Å². The van der Waals surface area contributed by atoms with Crippen molar-refractivity contribution in [1.82, 2.24) is 15.5 Å². The number of amides is 1. The average Bonchev–Trinajstić information content (AvgIpc) is 2.81. The van der Waals surface area contributed by atoms with Crippen LogP contribution in [-0.2, 0) is 11.2 Å². The van der Waals surface area contributed by atoms with Gasteiger partial charge in [0.25, 0.3) is 0 Å².